The first kappa shape index (κ1) is 24.4. The van der Waals surface area contributed by atoms with E-state index in [1.807, 2.05) is 0 Å². The molecule has 0 bridgehead atoms. The minimum Gasteiger partial charge on any atom is -0.456 e. The summed E-state index contributed by atoms with van der Waals surface area (Å²) in [6.07, 6.45) is 0. The fourth-order valence-electron chi connectivity index (χ4n) is 8.87. The number of hydrogen-bond acceptors (Lipinski definition) is 1. The van der Waals surface area contributed by atoms with Crippen molar-refractivity contribution in [3.8, 4) is 56.0 Å². The van der Waals surface area contributed by atoms with Gasteiger partial charge in [0.05, 0.1) is 5.41 Å². The topological polar surface area (TPSA) is 9.23 Å². The van der Waals surface area contributed by atoms with E-state index in [4.69, 9.17) is 4.74 Å². The lowest BCUT2D eigenvalue weighted by atomic mass is 9.68. The molecule has 0 N–H and O–H groups in total. The van der Waals surface area contributed by atoms with Crippen LogP contribution >= 0.6 is 0 Å². The van der Waals surface area contributed by atoms with E-state index in [-0.39, 0.29) is 0 Å². The summed E-state index contributed by atoms with van der Waals surface area (Å²) in [7, 11) is 0. The second-order valence-electron chi connectivity index (χ2n) is 12.8. The van der Waals surface area contributed by atoms with Gasteiger partial charge in [0.25, 0.3) is 0 Å². The Morgan fingerprint density at radius 2 is 0.935 bits per heavy atom. The van der Waals surface area contributed by atoms with Crippen molar-refractivity contribution in [2.24, 2.45) is 0 Å². The predicted octanol–water partition coefficient (Wildman–Crippen LogP) is 11.8. The van der Waals surface area contributed by atoms with Crippen LogP contribution in [0, 0.1) is 0 Å². The Labute approximate surface area is 267 Å². The molecule has 0 aromatic heterocycles. The lowest BCUT2D eigenvalue weighted by Gasteiger charge is -2.32. The molecule has 0 amide bonds. The number of fused-ring (bicyclic) bond motifs is 13. The molecule has 8 aromatic carbocycles. The molecule has 1 atom stereocenters. The Kier molecular flexibility index (Phi) is 4.57. The third-order valence-corrected chi connectivity index (χ3v) is 10.6. The van der Waals surface area contributed by atoms with E-state index >= 15 is 0 Å². The van der Waals surface area contributed by atoms with Crippen molar-refractivity contribution in [3.63, 3.8) is 0 Å². The van der Waals surface area contributed by atoms with E-state index < -0.39 is 5.41 Å². The predicted molar refractivity (Wildman–Crippen MR) is 189 cm³/mol. The lowest BCUT2D eigenvalue weighted by Crippen LogP contribution is -2.26. The number of benzene rings is 8. The molecule has 11 rings (SSSR count). The van der Waals surface area contributed by atoms with Gasteiger partial charge in [0.2, 0.25) is 0 Å². The number of para-hydroxylation sites is 1. The van der Waals surface area contributed by atoms with Crippen LogP contribution in [0.1, 0.15) is 22.3 Å². The van der Waals surface area contributed by atoms with E-state index in [1.165, 1.54) is 82.7 Å². The van der Waals surface area contributed by atoms with Gasteiger partial charge in [0, 0.05) is 10.9 Å². The van der Waals surface area contributed by atoms with Crippen LogP contribution in [-0.2, 0) is 5.41 Å². The first-order valence-electron chi connectivity index (χ1n) is 16.0. The van der Waals surface area contributed by atoms with Gasteiger partial charge >= 0.3 is 0 Å². The summed E-state index contributed by atoms with van der Waals surface area (Å²) in [6.45, 7) is 0. The second-order valence-corrected chi connectivity index (χ2v) is 12.8. The third-order valence-electron chi connectivity index (χ3n) is 10.6. The van der Waals surface area contributed by atoms with E-state index in [9.17, 15) is 0 Å². The molecule has 1 nitrogen and oxygen atoms in total. The summed E-state index contributed by atoms with van der Waals surface area (Å²) < 4.78 is 6.67. The van der Waals surface area contributed by atoms with Crippen molar-refractivity contribution in [1.29, 1.82) is 0 Å². The van der Waals surface area contributed by atoms with Gasteiger partial charge in [-0.25, -0.2) is 0 Å². The monoisotopic (exact) mass is 582 g/mol. The molecule has 1 aliphatic heterocycles. The van der Waals surface area contributed by atoms with Crippen LogP contribution in [0.2, 0.25) is 0 Å². The second kappa shape index (κ2) is 8.62. The molecular formula is C45H26O. The molecule has 0 saturated carbocycles. The van der Waals surface area contributed by atoms with Crippen LogP contribution in [0.4, 0.5) is 0 Å². The summed E-state index contributed by atoms with van der Waals surface area (Å²) in [5.41, 5.74) is 15.0. The highest BCUT2D eigenvalue weighted by molar-refractivity contribution is 6.07. The zero-order chi connectivity index (χ0) is 30.0. The van der Waals surface area contributed by atoms with Gasteiger partial charge < -0.3 is 4.74 Å². The number of ether oxygens (including phenoxy) is 1. The highest BCUT2D eigenvalue weighted by Crippen LogP contribution is 2.65. The summed E-state index contributed by atoms with van der Waals surface area (Å²) in [6, 6.07) is 58.3. The van der Waals surface area contributed by atoms with Crippen LogP contribution in [0.5, 0.6) is 11.5 Å². The van der Waals surface area contributed by atoms with Gasteiger partial charge in [0.15, 0.2) is 0 Å². The van der Waals surface area contributed by atoms with Gasteiger partial charge in [0.1, 0.15) is 11.5 Å². The fourth-order valence-corrected chi connectivity index (χ4v) is 8.87. The minimum atomic E-state index is -0.444. The standard InChI is InChI=1S/C45H26O/c1-2-12-28-25-40-37(24-27(28)11-1)33-15-4-7-21-39(33)45(40)38-20-6-3-14-32(38)36-19-10-17-31(44(36)45)30-23-29-13-9-18-35-34-16-5-8-22-41(34)46-42(26-30)43(29)35/h1-26H. The molecule has 2 aliphatic carbocycles. The number of hydrogen-bond donors (Lipinski definition) is 0. The van der Waals surface area contributed by atoms with E-state index in [2.05, 4.69) is 158 Å². The quantitative estimate of drug-likeness (QED) is 0.187. The van der Waals surface area contributed by atoms with Crippen LogP contribution in [0.15, 0.2) is 158 Å². The van der Waals surface area contributed by atoms with Crippen LogP contribution in [0.3, 0.4) is 0 Å². The Morgan fingerprint density at radius 3 is 1.76 bits per heavy atom. The highest BCUT2D eigenvalue weighted by Gasteiger charge is 2.52. The third kappa shape index (κ3) is 2.91. The van der Waals surface area contributed by atoms with Gasteiger partial charge in [-0.15, -0.1) is 0 Å². The van der Waals surface area contributed by atoms with Crippen molar-refractivity contribution in [1.82, 2.24) is 0 Å². The van der Waals surface area contributed by atoms with E-state index in [1.54, 1.807) is 0 Å². The summed E-state index contributed by atoms with van der Waals surface area (Å²) in [4.78, 5) is 0. The molecule has 3 aliphatic rings. The minimum absolute atomic E-state index is 0.444. The maximum absolute atomic E-state index is 6.67. The molecule has 0 radical (unpaired) electrons. The molecule has 0 fully saturated rings. The fraction of sp³-hybridized carbons (Fsp3) is 0.0222. The van der Waals surface area contributed by atoms with Crippen molar-refractivity contribution >= 4 is 21.5 Å². The van der Waals surface area contributed by atoms with Gasteiger partial charge in [-0.1, -0.05) is 127 Å². The average molecular weight is 583 g/mol. The maximum Gasteiger partial charge on any atom is 0.136 e. The van der Waals surface area contributed by atoms with Gasteiger partial charge in [-0.2, -0.15) is 0 Å². The summed E-state index contributed by atoms with van der Waals surface area (Å²) in [5.74, 6) is 1.83. The first-order valence-corrected chi connectivity index (χ1v) is 16.0. The molecule has 1 heterocycles. The van der Waals surface area contributed by atoms with Crippen LogP contribution < -0.4 is 4.74 Å². The SMILES string of the molecule is c1ccc2c(c1)Oc1cc(-c3cccc4c3C3(c5ccccc5-c5cc6ccccc6cc53)c3ccccc3-4)cc3cccc-2c13. The molecule has 46 heavy (non-hydrogen) atoms. The normalized spacial score (nSPS) is 16.1. The molecule has 1 heteroatoms. The molecule has 0 saturated heterocycles. The molecule has 212 valence electrons. The maximum atomic E-state index is 6.67. The Balaban J connectivity index is 1.27. The van der Waals surface area contributed by atoms with Crippen molar-refractivity contribution in [3.05, 3.63) is 180 Å². The largest absolute Gasteiger partial charge is 0.456 e. The molecule has 1 spiro atoms. The highest BCUT2D eigenvalue weighted by atomic mass is 16.5. The average Bonchev–Trinajstić information content (AvgIpc) is 3.57. The Bertz CT molecular complexity index is 2630. The van der Waals surface area contributed by atoms with Gasteiger partial charge in [-0.05, 0) is 108 Å². The van der Waals surface area contributed by atoms with Gasteiger partial charge in [-0.3, -0.25) is 0 Å². The number of rotatable bonds is 1. The van der Waals surface area contributed by atoms with Crippen molar-refractivity contribution in [2.45, 2.75) is 5.41 Å². The Hall–Kier alpha value is -5.92. The van der Waals surface area contributed by atoms with Crippen molar-refractivity contribution in [2.75, 3.05) is 0 Å². The van der Waals surface area contributed by atoms with Crippen LogP contribution in [0.25, 0.3) is 66.1 Å². The first-order chi connectivity index (χ1) is 22.8. The zero-order valence-corrected chi connectivity index (χ0v) is 24.9. The molecular weight excluding hydrogens is 556 g/mol. The smallest absolute Gasteiger partial charge is 0.136 e. The Morgan fingerprint density at radius 1 is 0.348 bits per heavy atom. The zero-order valence-electron chi connectivity index (χ0n) is 24.9. The van der Waals surface area contributed by atoms with Crippen molar-refractivity contribution < 1.29 is 4.74 Å². The molecule has 8 aromatic rings. The summed E-state index contributed by atoms with van der Waals surface area (Å²) in [5, 5.41) is 4.92. The van der Waals surface area contributed by atoms with E-state index in [0.29, 0.717) is 0 Å². The van der Waals surface area contributed by atoms with E-state index in [0.717, 1.165) is 17.1 Å². The molecule has 1 unspecified atom stereocenters. The summed E-state index contributed by atoms with van der Waals surface area (Å²) >= 11 is 0. The van der Waals surface area contributed by atoms with Crippen LogP contribution in [-0.4, -0.2) is 0 Å². The lowest BCUT2D eigenvalue weighted by molar-refractivity contribution is 0.487.